The van der Waals surface area contributed by atoms with Gasteiger partial charge in [0, 0.05) is 38.3 Å². The van der Waals surface area contributed by atoms with Crippen LogP contribution in [0, 0.1) is 0 Å². The SMILES string of the molecule is C[C@H](N)CN1CCN2CCCCC2C1. The van der Waals surface area contributed by atoms with Crippen molar-refractivity contribution >= 4 is 0 Å². The molecule has 0 spiro atoms. The monoisotopic (exact) mass is 197 g/mol. The minimum Gasteiger partial charge on any atom is -0.327 e. The van der Waals surface area contributed by atoms with Gasteiger partial charge >= 0.3 is 0 Å². The van der Waals surface area contributed by atoms with Crippen molar-refractivity contribution in [1.29, 1.82) is 0 Å². The van der Waals surface area contributed by atoms with E-state index in [-0.39, 0.29) is 0 Å². The number of nitrogens with two attached hydrogens (primary N) is 1. The standard InChI is InChI=1S/C11H23N3/c1-10(12)8-13-6-7-14-5-3-2-4-11(14)9-13/h10-11H,2-9,12H2,1H3/t10-,11?/m0/s1. The topological polar surface area (TPSA) is 32.5 Å². The molecule has 2 N–H and O–H groups in total. The maximum atomic E-state index is 5.84. The Morgan fingerprint density at radius 1 is 1.29 bits per heavy atom. The van der Waals surface area contributed by atoms with Crippen LogP contribution in [0.3, 0.4) is 0 Å². The molecule has 2 aliphatic heterocycles. The molecular formula is C11H23N3. The molecular weight excluding hydrogens is 174 g/mol. The first-order valence-corrected chi connectivity index (χ1v) is 5.97. The zero-order valence-corrected chi connectivity index (χ0v) is 9.28. The molecule has 0 radical (unpaired) electrons. The Morgan fingerprint density at radius 3 is 2.93 bits per heavy atom. The van der Waals surface area contributed by atoms with Crippen molar-refractivity contribution in [3.63, 3.8) is 0 Å². The molecule has 0 aliphatic carbocycles. The molecule has 1 unspecified atom stereocenters. The number of fused-ring (bicyclic) bond motifs is 1. The van der Waals surface area contributed by atoms with Gasteiger partial charge in [0.25, 0.3) is 0 Å². The normalized spacial score (nSPS) is 32.6. The van der Waals surface area contributed by atoms with E-state index in [1.807, 2.05) is 0 Å². The van der Waals surface area contributed by atoms with Crippen molar-refractivity contribution in [2.45, 2.75) is 38.3 Å². The second kappa shape index (κ2) is 4.60. The first-order chi connectivity index (χ1) is 6.75. The molecule has 3 nitrogen and oxygen atoms in total. The van der Waals surface area contributed by atoms with Gasteiger partial charge in [-0.05, 0) is 26.3 Å². The summed E-state index contributed by atoms with van der Waals surface area (Å²) in [5, 5.41) is 0. The van der Waals surface area contributed by atoms with Crippen LogP contribution in [0.15, 0.2) is 0 Å². The summed E-state index contributed by atoms with van der Waals surface area (Å²) < 4.78 is 0. The summed E-state index contributed by atoms with van der Waals surface area (Å²) >= 11 is 0. The third-order valence-corrected chi connectivity index (χ3v) is 3.47. The second-order valence-corrected chi connectivity index (χ2v) is 4.92. The number of piperazine rings is 1. The molecule has 0 aromatic carbocycles. The van der Waals surface area contributed by atoms with Gasteiger partial charge in [-0.1, -0.05) is 6.42 Å². The van der Waals surface area contributed by atoms with Crippen LogP contribution >= 0.6 is 0 Å². The van der Waals surface area contributed by atoms with Gasteiger partial charge in [-0.3, -0.25) is 9.80 Å². The highest BCUT2D eigenvalue weighted by Crippen LogP contribution is 2.20. The fourth-order valence-corrected chi connectivity index (χ4v) is 2.79. The molecule has 0 amide bonds. The molecule has 2 atom stereocenters. The first kappa shape index (κ1) is 10.4. The summed E-state index contributed by atoms with van der Waals surface area (Å²) in [6.45, 7) is 8.24. The van der Waals surface area contributed by atoms with Gasteiger partial charge in [0.05, 0.1) is 0 Å². The maximum Gasteiger partial charge on any atom is 0.0223 e. The largest absolute Gasteiger partial charge is 0.327 e. The van der Waals surface area contributed by atoms with Crippen LogP contribution in [-0.4, -0.2) is 54.6 Å². The summed E-state index contributed by atoms with van der Waals surface area (Å²) in [5.74, 6) is 0. The smallest absolute Gasteiger partial charge is 0.0223 e. The Labute approximate surface area is 87.2 Å². The molecule has 0 aromatic rings. The molecule has 3 heteroatoms. The molecule has 2 rings (SSSR count). The van der Waals surface area contributed by atoms with Crippen LogP contribution in [0.2, 0.25) is 0 Å². The van der Waals surface area contributed by atoms with Gasteiger partial charge in [-0.25, -0.2) is 0 Å². The fourth-order valence-electron chi connectivity index (χ4n) is 2.79. The Hall–Kier alpha value is -0.120. The third kappa shape index (κ3) is 2.47. The Bertz CT molecular complexity index is 181. The van der Waals surface area contributed by atoms with Gasteiger partial charge in [-0.2, -0.15) is 0 Å². The number of hydrogen-bond acceptors (Lipinski definition) is 3. The van der Waals surface area contributed by atoms with E-state index in [0.717, 1.165) is 12.6 Å². The molecule has 14 heavy (non-hydrogen) atoms. The molecule has 2 aliphatic rings. The van der Waals surface area contributed by atoms with Crippen LogP contribution < -0.4 is 5.73 Å². The molecule has 2 saturated heterocycles. The average molecular weight is 197 g/mol. The number of piperidine rings is 1. The van der Waals surface area contributed by atoms with Crippen LogP contribution in [0.1, 0.15) is 26.2 Å². The van der Waals surface area contributed by atoms with Crippen LogP contribution in [-0.2, 0) is 0 Å². The number of nitrogens with zero attached hydrogens (tertiary/aromatic N) is 2. The van der Waals surface area contributed by atoms with Crippen molar-refractivity contribution in [2.24, 2.45) is 5.73 Å². The molecule has 0 saturated carbocycles. The van der Waals surface area contributed by atoms with Gasteiger partial charge in [0.15, 0.2) is 0 Å². The van der Waals surface area contributed by atoms with E-state index in [0.29, 0.717) is 6.04 Å². The third-order valence-electron chi connectivity index (χ3n) is 3.47. The van der Waals surface area contributed by atoms with Crippen molar-refractivity contribution in [1.82, 2.24) is 9.80 Å². The highest BCUT2D eigenvalue weighted by Gasteiger charge is 2.28. The summed E-state index contributed by atoms with van der Waals surface area (Å²) in [7, 11) is 0. The van der Waals surface area contributed by atoms with Crippen molar-refractivity contribution in [2.75, 3.05) is 32.7 Å². The quantitative estimate of drug-likeness (QED) is 0.700. The lowest BCUT2D eigenvalue weighted by Crippen LogP contribution is -2.56. The molecule has 0 bridgehead atoms. The zero-order chi connectivity index (χ0) is 9.97. The lowest BCUT2D eigenvalue weighted by molar-refractivity contribution is 0.0475. The van der Waals surface area contributed by atoms with Crippen molar-refractivity contribution in [3.05, 3.63) is 0 Å². The minimum absolute atomic E-state index is 0.324. The van der Waals surface area contributed by atoms with E-state index >= 15 is 0 Å². The van der Waals surface area contributed by atoms with E-state index in [2.05, 4.69) is 16.7 Å². The highest BCUT2D eigenvalue weighted by molar-refractivity contribution is 4.85. The molecule has 0 aromatic heterocycles. The van der Waals surface area contributed by atoms with Gasteiger partial charge in [0.2, 0.25) is 0 Å². The minimum atomic E-state index is 0.324. The van der Waals surface area contributed by atoms with Crippen molar-refractivity contribution < 1.29 is 0 Å². The summed E-state index contributed by atoms with van der Waals surface area (Å²) in [4.78, 5) is 5.21. The summed E-state index contributed by atoms with van der Waals surface area (Å²) in [5.41, 5.74) is 5.84. The second-order valence-electron chi connectivity index (χ2n) is 4.92. The zero-order valence-electron chi connectivity index (χ0n) is 9.28. The Morgan fingerprint density at radius 2 is 2.14 bits per heavy atom. The first-order valence-electron chi connectivity index (χ1n) is 5.97. The number of hydrogen-bond donors (Lipinski definition) is 1. The van der Waals surface area contributed by atoms with E-state index in [1.54, 1.807) is 0 Å². The van der Waals surface area contributed by atoms with Crippen LogP contribution in [0.5, 0.6) is 0 Å². The predicted molar refractivity (Wildman–Crippen MR) is 59.3 cm³/mol. The Kier molecular flexibility index (Phi) is 3.42. The Balaban J connectivity index is 1.83. The summed E-state index contributed by atoms with van der Waals surface area (Å²) in [6.07, 6.45) is 4.23. The van der Waals surface area contributed by atoms with E-state index in [9.17, 15) is 0 Å². The van der Waals surface area contributed by atoms with Gasteiger partial charge in [0.1, 0.15) is 0 Å². The lowest BCUT2D eigenvalue weighted by atomic mass is 9.99. The average Bonchev–Trinajstić information content (AvgIpc) is 2.17. The van der Waals surface area contributed by atoms with Gasteiger partial charge in [-0.15, -0.1) is 0 Å². The molecule has 2 fully saturated rings. The number of rotatable bonds is 2. The van der Waals surface area contributed by atoms with Crippen LogP contribution in [0.4, 0.5) is 0 Å². The highest BCUT2D eigenvalue weighted by atomic mass is 15.3. The van der Waals surface area contributed by atoms with Crippen molar-refractivity contribution in [3.8, 4) is 0 Å². The maximum absolute atomic E-state index is 5.84. The van der Waals surface area contributed by atoms with Gasteiger partial charge < -0.3 is 5.73 Å². The molecule has 2 heterocycles. The fraction of sp³-hybridized carbons (Fsp3) is 1.00. The van der Waals surface area contributed by atoms with E-state index < -0.39 is 0 Å². The summed E-state index contributed by atoms with van der Waals surface area (Å²) in [6, 6.07) is 1.15. The predicted octanol–water partition coefficient (Wildman–Crippen LogP) is 0.504. The van der Waals surface area contributed by atoms with Crippen LogP contribution in [0.25, 0.3) is 0 Å². The molecule has 82 valence electrons. The lowest BCUT2D eigenvalue weighted by Gasteiger charge is -2.44. The van der Waals surface area contributed by atoms with E-state index in [4.69, 9.17) is 5.73 Å². The van der Waals surface area contributed by atoms with E-state index in [1.165, 1.54) is 45.4 Å².